The number of hydrogen-bond acceptors (Lipinski definition) is 2. The van der Waals surface area contributed by atoms with Gasteiger partial charge in [0.1, 0.15) is 5.75 Å². The van der Waals surface area contributed by atoms with E-state index in [1.54, 1.807) is 7.11 Å². The van der Waals surface area contributed by atoms with E-state index >= 15 is 0 Å². The van der Waals surface area contributed by atoms with Crippen molar-refractivity contribution >= 4 is 28.4 Å². The molecule has 0 aliphatic rings. The minimum Gasteiger partial charge on any atom is -0.497 e. The van der Waals surface area contributed by atoms with Gasteiger partial charge < -0.3 is 14.6 Å². The second-order valence-corrected chi connectivity index (χ2v) is 7.92. The zero-order valence-electron chi connectivity index (χ0n) is 17.5. The fourth-order valence-electron chi connectivity index (χ4n) is 3.74. The van der Waals surface area contributed by atoms with E-state index in [4.69, 9.17) is 16.3 Å². The number of aromatic nitrogens is 1. The lowest BCUT2D eigenvalue weighted by atomic mass is 10.1. The molecule has 0 fully saturated rings. The normalized spacial score (nSPS) is 10.9. The first kappa shape index (κ1) is 21.0. The molecule has 0 aliphatic carbocycles. The van der Waals surface area contributed by atoms with E-state index in [0.717, 1.165) is 27.4 Å². The van der Waals surface area contributed by atoms with Crippen molar-refractivity contribution < 1.29 is 9.53 Å². The molecule has 0 saturated heterocycles. The van der Waals surface area contributed by atoms with Gasteiger partial charge in [-0.1, -0.05) is 60.1 Å². The van der Waals surface area contributed by atoms with Gasteiger partial charge in [-0.3, -0.25) is 4.79 Å². The highest BCUT2D eigenvalue weighted by Gasteiger charge is 2.11. The zero-order chi connectivity index (χ0) is 21.6. The molecule has 5 heteroatoms. The standard InChI is InChI=1S/C26H25ClN2O2/c1-31-22-13-10-19(11-14-22)16-28-26(30)15-12-20-17-29(25-9-5-3-7-23(20)25)18-21-6-2-4-8-24(21)27/h2-11,13-14,17H,12,15-16,18H2,1H3,(H,28,30). The molecule has 1 aromatic heterocycles. The van der Waals surface area contributed by atoms with Crippen molar-refractivity contribution in [2.75, 3.05) is 7.11 Å². The van der Waals surface area contributed by atoms with Gasteiger partial charge in [0.25, 0.3) is 0 Å². The van der Waals surface area contributed by atoms with Crippen LogP contribution in [0.5, 0.6) is 5.75 Å². The lowest BCUT2D eigenvalue weighted by Gasteiger charge is -2.07. The minimum atomic E-state index is 0.0405. The zero-order valence-corrected chi connectivity index (χ0v) is 18.2. The highest BCUT2D eigenvalue weighted by atomic mass is 35.5. The molecule has 1 amide bonds. The van der Waals surface area contributed by atoms with Gasteiger partial charge in [0, 0.05) is 41.6 Å². The van der Waals surface area contributed by atoms with Gasteiger partial charge in [-0.05, 0) is 47.4 Å². The van der Waals surface area contributed by atoms with Crippen LogP contribution in [0.1, 0.15) is 23.1 Å². The molecule has 0 aliphatic heterocycles. The molecule has 0 radical (unpaired) electrons. The highest BCUT2D eigenvalue weighted by Crippen LogP contribution is 2.25. The monoisotopic (exact) mass is 432 g/mol. The molecule has 1 heterocycles. The first-order valence-corrected chi connectivity index (χ1v) is 10.7. The summed E-state index contributed by atoms with van der Waals surface area (Å²) in [4.78, 5) is 12.4. The Balaban J connectivity index is 1.42. The van der Waals surface area contributed by atoms with E-state index in [2.05, 4.69) is 28.2 Å². The fraction of sp³-hybridized carbons (Fsp3) is 0.192. The van der Waals surface area contributed by atoms with Crippen molar-refractivity contribution in [1.82, 2.24) is 9.88 Å². The second kappa shape index (κ2) is 9.71. The maximum Gasteiger partial charge on any atom is 0.220 e. The third-order valence-electron chi connectivity index (χ3n) is 5.44. The van der Waals surface area contributed by atoms with Crippen LogP contribution < -0.4 is 10.1 Å². The Morgan fingerprint density at radius 1 is 0.968 bits per heavy atom. The second-order valence-electron chi connectivity index (χ2n) is 7.52. The van der Waals surface area contributed by atoms with Crippen LogP contribution in [-0.4, -0.2) is 17.6 Å². The summed E-state index contributed by atoms with van der Waals surface area (Å²) < 4.78 is 7.38. The van der Waals surface area contributed by atoms with Crippen LogP contribution in [0.2, 0.25) is 5.02 Å². The lowest BCUT2D eigenvalue weighted by Crippen LogP contribution is -2.22. The van der Waals surface area contributed by atoms with E-state index in [1.807, 2.05) is 60.7 Å². The van der Waals surface area contributed by atoms with Crippen LogP contribution >= 0.6 is 11.6 Å². The summed E-state index contributed by atoms with van der Waals surface area (Å²) in [5, 5.41) is 4.95. The number of fused-ring (bicyclic) bond motifs is 1. The molecule has 4 aromatic rings. The van der Waals surface area contributed by atoms with Crippen LogP contribution in [0.4, 0.5) is 0 Å². The van der Waals surface area contributed by atoms with Crippen molar-refractivity contribution in [3.8, 4) is 5.75 Å². The van der Waals surface area contributed by atoms with Gasteiger partial charge in [-0.15, -0.1) is 0 Å². The quantitative estimate of drug-likeness (QED) is 0.393. The predicted octanol–water partition coefficient (Wildman–Crippen LogP) is 5.60. The first-order chi connectivity index (χ1) is 15.1. The van der Waals surface area contributed by atoms with Crippen LogP contribution in [-0.2, 0) is 24.3 Å². The summed E-state index contributed by atoms with van der Waals surface area (Å²) in [6.45, 7) is 1.21. The summed E-state index contributed by atoms with van der Waals surface area (Å²) in [5.41, 5.74) is 4.44. The summed E-state index contributed by atoms with van der Waals surface area (Å²) in [5.74, 6) is 0.849. The van der Waals surface area contributed by atoms with Crippen molar-refractivity contribution in [3.63, 3.8) is 0 Å². The maximum absolute atomic E-state index is 12.4. The summed E-state index contributed by atoms with van der Waals surface area (Å²) in [7, 11) is 1.64. The number of rotatable bonds is 8. The third kappa shape index (κ3) is 5.09. The van der Waals surface area contributed by atoms with Gasteiger partial charge in [0.15, 0.2) is 0 Å². The summed E-state index contributed by atoms with van der Waals surface area (Å²) in [6.07, 6.45) is 3.27. The summed E-state index contributed by atoms with van der Waals surface area (Å²) >= 11 is 6.36. The fourth-order valence-corrected chi connectivity index (χ4v) is 3.94. The molecular formula is C26H25ClN2O2. The molecule has 0 unspecified atom stereocenters. The number of nitrogens with zero attached hydrogens (tertiary/aromatic N) is 1. The Labute approximate surface area is 187 Å². The number of hydrogen-bond donors (Lipinski definition) is 1. The molecule has 4 nitrogen and oxygen atoms in total. The number of amides is 1. The average Bonchev–Trinajstić information content (AvgIpc) is 3.15. The lowest BCUT2D eigenvalue weighted by molar-refractivity contribution is -0.121. The van der Waals surface area contributed by atoms with Crippen molar-refractivity contribution in [2.45, 2.75) is 25.9 Å². The number of nitrogens with one attached hydrogen (secondary N) is 1. The SMILES string of the molecule is COc1ccc(CNC(=O)CCc2cn(Cc3ccccc3Cl)c3ccccc23)cc1. The smallest absolute Gasteiger partial charge is 0.220 e. The molecule has 1 N–H and O–H groups in total. The molecule has 0 saturated carbocycles. The Bertz CT molecular complexity index is 1180. The van der Waals surface area contributed by atoms with Crippen LogP contribution in [0.3, 0.4) is 0 Å². The number of ether oxygens (including phenoxy) is 1. The summed E-state index contributed by atoms with van der Waals surface area (Å²) in [6, 6.07) is 23.9. The maximum atomic E-state index is 12.4. The molecule has 4 rings (SSSR count). The third-order valence-corrected chi connectivity index (χ3v) is 5.81. The average molecular weight is 433 g/mol. The number of carbonyl (C=O) groups excluding carboxylic acids is 1. The number of methoxy groups -OCH3 is 1. The van der Waals surface area contributed by atoms with Gasteiger partial charge in [-0.25, -0.2) is 0 Å². The topological polar surface area (TPSA) is 43.3 Å². The van der Waals surface area contributed by atoms with Crippen LogP contribution in [0.15, 0.2) is 79.0 Å². The molecule has 0 spiro atoms. The minimum absolute atomic E-state index is 0.0405. The van der Waals surface area contributed by atoms with Crippen LogP contribution in [0, 0.1) is 0 Å². The molecule has 0 bridgehead atoms. The van der Waals surface area contributed by atoms with Gasteiger partial charge >= 0.3 is 0 Å². The Morgan fingerprint density at radius 3 is 2.48 bits per heavy atom. The molecule has 31 heavy (non-hydrogen) atoms. The van der Waals surface area contributed by atoms with Crippen molar-refractivity contribution in [2.24, 2.45) is 0 Å². The molecular weight excluding hydrogens is 408 g/mol. The van der Waals surface area contributed by atoms with Crippen LogP contribution in [0.25, 0.3) is 10.9 Å². The number of aryl methyl sites for hydroxylation is 1. The number of carbonyl (C=O) groups is 1. The van der Waals surface area contributed by atoms with E-state index in [0.29, 0.717) is 25.9 Å². The first-order valence-electron chi connectivity index (χ1n) is 10.3. The molecule has 3 aromatic carbocycles. The van der Waals surface area contributed by atoms with Gasteiger partial charge in [0.2, 0.25) is 5.91 Å². The van der Waals surface area contributed by atoms with Crippen molar-refractivity contribution in [3.05, 3.63) is 101 Å². The highest BCUT2D eigenvalue weighted by molar-refractivity contribution is 6.31. The Kier molecular flexibility index (Phi) is 6.58. The number of halogens is 1. The van der Waals surface area contributed by atoms with Gasteiger partial charge in [-0.2, -0.15) is 0 Å². The van der Waals surface area contributed by atoms with Crippen molar-refractivity contribution in [1.29, 1.82) is 0 Å². The molecule has 158 valence electrons. The predicted molar refractivity (Wildman–Crippen MR) is 126 cm³/mol. The van der Waals surface area contributed by atoms with E-state index in [1.165, 1.54) is 10.9 Å². The Hall–Kier alpha value is -3.24. The van der Waals surface area contributed by atoms with E-state index in [9.17, 15) is 4.79 Å². The molecule has 0 atom stereocenters. The van der Waals surface area contributed by atoms with E-state index < -0.39 is 0 Å². The number of para-hydroxylation sites is 1. The van der Waals surface area contributed by atoms with E-state index in [-0.39, 0.29) is 5.91 Å². The number of benzene rings is 3. The largest absolute Gasteiger partial charge is 0.497 e. The Morgan fingerprint density at radius 2 is 1.71 bits per heavy atom. The van der Waals surface area contributed by atoms with Gasteiger partial charge in [0.05, 0.1) is 7.11 Å².